The monoisotopic (exact) mass is 232 g/mol. The second-order valence-corrected chi connectivity index (χ2v) is 4.07. The van der Waals surface area contributed by atoms with Gasteiger partial charge in [0.05, 0.1) is 6.54 Å². The lowest BCUT2D eigenvalue weighted by Crippen LogP contribution is -2.36. The Balaban J connectivity index is 2.23. The van der Waals surface area contributed by atoms with E-state index in [0.717, 1.165) is 13.0 Å². The Hall–Kier alpha value is -1.61. The van der Waals surface area contributed by atoms with Gasteiger partial charge in [-0.15, -0.1) is 6.58 Å². The molecule has 0 atom stereocenters. The first-order valence-corrected chi connectivity index (χ1v) is 5.82. The van der Waals surface area contributed by atoms with Crippen molar-refractivity contribution >= 4 is 5.91 Å². The van der Waals surface area contributed by atoms with Crippen LogP contribution in [0.2, 0.25) is 0 Å². The highest BCUT2D eigenvalue weighted by Crippen LogP contribution is 2.00. The molecule has 0 unspecified atom stereocenters. The maximum atomic E-state index is 11.4. The van der Waals surface area contributed by atoms with Crippen molar-refractivity contribution < 1.29 is 4.79 Å². The van der Waals surface area contributed by atoms with E-state index in [1.165, 1.54) is 5.56 Å². The van der Waals surface area contributed by atoms with Crippen LogP contribution in [0.1, 0.15) is 5.56 Å². The molecule has 1 amide bonds. The van der Waals surface area contributed by atoms with Gasteiger partial charge in [0, 0.05) is 13.1 Å². The van der Waals surface area contributed by atoms with Crippen molar-refractivity contribution in [3.8, 4) is 0 Å². The molecule has 0 fully saturated rings. The number of nitrogens with zero attached hydrogens (tertiary/aromatic N) is 1. The molecule has 1 aromatic carbocycles. The van der Waals surface area contributed by atoms with Gasteiger partial charge in [0.15, 0.2) is 0 Å². The van der Waals surface area contributed by atoms with Crippen LogP contribution >= 0.6 is 0 Å². The molecule has 0 saturated carbocycles. The van der Waals surface area contributed by atoms with Crippen LogP contribution in [-0.2, 0) is 11.2 Å². The lowest BCUT2D eigenvalue weighted by Gasteiger charge is -2.15. The van der Waals surface area contributed by atoms with Gasteiger partial charge in [-0.1, -0.05) is 36.4 Å². The van der Waals surface area contributed by atoms with Gasteiger partial charge in [0.25, 0.3) is 0 Å². The van der Waals surface area contributed by atoms with Gasteiger partial charge >= 0.3 is 0 Å². The lowest BCUT2D eigenvalue weighted by atomic mass is 10.1. The minimum atomic E-state index is 0.0421. The summed E-state index contributed by atoms with van der Waals surface area (Å²) in [4.78, 5) is 13.4. The third-order valence-electron chi connectivity index (χ3n) is 2.48. The number of benzene rings is 1. The fourth-order valence-corrected chi connectivity index (χ4v) is 1.53. The van der Waals surface area contributed by atoms with Crippen molar-refractivity contribution in [2.75, 3.05) is 26.7 Å². The largest absolute Gasteiger partial charge is 0.352 e. The molecule has 0 saturated heterocycles. The van der Waals surface area contributed by atoms with Crippen LogP contribution in [0.15, 0.2) is 43.0 Å². The second-order valence-electron chi connectivity index (χ2n) is 4.07. The molecule has 0 aromatic heterocycles. The smallest absolute Gasteiger partial charge is 0.234 e. The van der Waals surface area contributed by atoms with Crippen LogP contribution in [-0.4, -0.2) is 37.5 Å². The number of nitrogens with one attached hydrogen (secondary N) is 1. The van der Waals surface area contributed by atoms with E-state index in [0.29, 0.717) is 13.1 Å². The van der Waals surface area contributed by atoms with Crippen molar-refractivity contribution in [1.29, 1.82) is 0 Å². The molecule has 17 heavy (non-hydrogen) atoms. The van der Waals surface area contributed by atoms with E-state index < -0.39 is 0 Å². The van der Waals surface area contributed by atoms with E-state index in [1.54, 1.807) is 6.08 Å². The molecule has 0 bridgehead atoms. The number of rotatable bonds is 7. The second kappa shape index (κ2) is 7.63. The first-order chi connectivity index (χ1) is 8.22. The molecule has 0 spiro atoms. The maximum absolute atomic E-state index is 11.4. The Labute approximate surface area is 103 Å². The number of likely N-dealkylation sites (N-methyl/N-ethyl adjacent to an activating group) is 1. The zero-order valence-electron chi connectivity index (χ0n) is 10.4. The summed E-state index contributed by atoms with van der Waals surface area (Å²) in [5.74, 6) is 0.0421. The van der Waals surface area contributed by atoms with Crippen LogP contribution in [0.4, 0.5) is 0 Å². The zero-order chi connectivity index (χ0) is 12.5. The highest BCUT2D eigenvalue weighted by Gasteiger charge is 2.05. The predicted molar refractivity (Wildman–Crippen MR) is 70.8 cm³/mol. The maximum Gasteiger partial charge on any atom is 0.234 e. The topological polar surface area (TPSA) is 32.3 Å². The molecule has 1 rings (SSSR count). The molecule has 0 radical (unpaired) electrons. The normalized spacial score (nSPS) is 10.2. The Morgan fingerprint density at radius 1 is 1.41 bits per heavy atom. The quantitative estimate of drug-likeness (QED) is 0.722. The first kappa shape index (κ1) is 13.5. The average molecular weight is 232 g/mol. The van der Waals surface area contributed by atoms with Gasteiger partial charge in [-0.25, -0.2) is 0 Å². The first-order valence-electron chi connectivity index (χ1n) is 5.82. The molecular weight excluding hydrogens is 212 g/mol. The molecule has 1 aromatic rings. The van der Waals surface area contributed by atoms with Crippen LogP contribution < -0.4 is 5.32 Å². The van der Waals surface area contributed by atoms with E-state index >= 15 is 0 Å². The minimum Gasteiger partial charge on any atom is -0.352 e. The van der Waals surface area contributed by atoms with Crippen molar-refractivity contribution in [1.82, 2.24) is 10.2 Å². The Morgan fingerprint density at radius 3 is 2.76 bits per heavy atom. The SMILES string of the molecule is C=CCNC(=O)CN(C)CCc1ccccc1. The molecule has 1 N–H and O–H groups in total. The molecule has 0 aliphatic rings. The highest BCUT2D eigenvalue weighted by molar-refractivity contribution is 5.78. The van der Waals surface area contributed by atoms with Crippen molar-refractivity contribution in [2.24, 2.45) is 0 Å². The highest BCUT2D eigenvalue weighted by atomic mass is 16.1. The molecular formula is C14H20N2O. The minimum absolute atomic E-state index is 0.0421. The summed E-state index contributed by atoms with van der Waals surface area (Å²) in [6, 6.07) is 10.3. The summed E-state index contributed by atoms with van der Waals surface area (Å²) in [5, 5.41) is 2.76. The Morgan fingerprint density at radius 2 is 2.12 bits per heavy atom. The molecule has 3 nitrogen and oxygen atoms in total. The third kappa shape index (κ3) is 5.88. The zero-order valence-corrected chi connectivity index (χ0v) is 10.4. The molecule has 0 aliphatic carbocycles. The number of hydrogen-bond acceptors (Lipinski definition) is 2. The van der Waals surface area contributed by atoms with Gasteiger partial charge in [-0.3, -0.25) is 9.69 Å². The number of carbonyl (C=O) groups is 1. The summed E-state index contributed by atoms with van der Waals surface area (Å²) in [7, 11) is 1.95. The van der Waals surface area contributed by atoms with Crippen molar-refractivity contribution in [2.45, 2.75) is 6.42 Å². The Kier molecular flexibility index (Phi) is 6.04. The van der Waals surface area contributed by atoms with Gasteiger partial charge in [-0.2, -0.15) is 0 Å². The number of hydrogen-bond donors (Lipinski definition) is 1. The summed E-state index contributed by atoms with van der Waals surface area (Å²) in [6.45, 7) is 5.40. The lowest BCUT2D eigenvalue weighted by molar-refractivity contribution is -0.121. The van der Waals surface area contributed by atoms with Gasteiger partial charge in [-0.05, 0) is 19.0 Å². The third-order valence-corrected chi connectivity index (χ3v) is 2.48. The van der Waals surface area contributed by atoms with Crippen LogP contribution in [0, 0.1) is 0 Å². The summed E-state index contributed by atoms with van der Waals surface area (Å²) in [5.41, 5.74) is 1.30. The van der Waals surface area contributed by atoms with Gasteiger partial charge in [0.1, 0.15) is 0 Å². The van der Waals surface area contributed by atoms with Crippen LogP contribution in [0.3, 0.4) is 0 Å². The van der Waals surface area contributed by atoms with Crippen molar-refractivity contribution in [3.63, 3.8) is 0 Å². The van der Waals surface area contributed by atoms with E-state index in [9.17, 15) is 4.79 Å². The Bertz CT molecular complexity index is 348. The summed E-state index contributed by atoms with van der Waals surface area (Å²) < 4.78 is 0. The average Bonchev–Trinajstić information content (AvgIpc) is 2.35. The molecule has 3 heteroatoms. The summed E-state index contributed by atoms with van der Waals surface area (Å²) in [6.07, 6.45) is 2.65. The fraction of sp³-hybridized carbons (Fsp3) is 0.357. The van der Waals surface area contributed by atoms with E-state index in [-0.39, 0.29) is 5.91 Å². The molecule has 92 valence electrons. The van der Waals surface area contributed by atoms with Gasteiger partial charge < -0.3 is 5.32 Å². The van der Waals surface area contributed by atoms with Crippen LogP contribution in [0.25, 0.3) is 0 Å². The number of carbonyl (C=O) groups excluding carboxylic acids is 1. The summed E-state index contributed by atoms with van der Waals surface area (Å²) >= 11 is 0. The van der Waals surface area contributed by atoms with E-state index in [4.69, 9.17) is 0 Å². The number of amides is 1. The van der Waals surface area contributed by atoms with Crippen molar-refractivity contribution in [3.05, 3.63) is 48.6 Å². The predicted octanol–water partition coefficient (Wildman–Crippen LogP) is 1.46. The van der Waals surface area contributed by atoms with E-state index in [1.807, 2.05) is 30.1 Å². The molecule has 0 heterocycles. The van der Waals surface area contributed by atoms with Crippen LogP contribution in [0.5, 0.6) is 0 Å². The molecule has 0 aliphatic heterocycles. The van der Waals surface area contributed by atoms with E-state index in [2.05, 4.69) is 24.0 Å². The van der Waals surface area contributed by atoms with Gasteiger partial charge in [0.2, 0.25) is 5.91 Å². The standard InChI is InChI=1S/C14H20N2O/c1-3-10-15-14(17)12-16(2)11-9-13-7-5-4-6-8-13/h3-8H,1,9-12H2,2H3,(H,15,17). The fourth-order valence-electron chi connectivity index (χ4n) is 1.53.